The first-order valence-electron chi connectivity index (χ1n) is 9.65. The summed E-state index contributed by atoms with van der Waals surface area (Å²) in [6.45, 7) is 6.63. The second-order valence-corrected chi connectivity index (χ2v) is 8.47. The van der Waals surface area contributed by atoms with Crippen LogP contribution in [0.25, 0.3) is 0 Å². The van der Waals surface area contributed by atoms with Crippen LogP contribution < -0.4 is 10.6 Å². The zero-order valence-electron chi connectivity index (χ0n) is 16.4. The molecule has 3 heterocycles. The van der Waals surface area contributed by atoms with Crippen LogP contribution in [0.3, 0.4) is 0 Å². The number of nitrogens with zero attached hydrogens (tertiary/aromatic N) is 3. The summed E-state index contributed by atoms with van der Waals surface area (Å²) in [6, 6.07) is 3.88. The molecule has 2 aromatic rings. The molecule has 3 amide bonds. The number of anilines is 1. The van der Waals surface area contributed by atoms with Gasteiger partial charge in [-0.1, -0.05) is 5.16 Å². The third-order valence-corrected chi connectivity index (χ3v) is 5.43. The quantitative estimate of drug-likeness (QED) is 0.729. The summed E-state index contributed by atoms with van der Waals surface area (Å²) < 4.78 is 5.07. The van der Waals surface area contributed by atoms with Crippen LogP contribution in [0.15, 0.2) is 16.7 Å². The van der Waals surface area contributed by atoms with Crippen LogP contribution in [0.1, 0.15) is 56.2 Å². The van der Waals surface area contributed by atoms with Crippen LogP contribution >= 0.6 is 0 Å². The van der Waals surface area contributed by atoms with Crippen molar-refractivity contribution >= 4 is 17.8 Å². The fourth-order valence-corrected chi connectivity index (χ4v) is 4.17. The Balaban J connectivity index is 1.33. The molecule has 9 heteroatoms. The first kappa shape index (κ1) is 18.5. The Bertz CT molecular complexity index is 886. The molecule has 1 aliphatic carbocycles. The number of carbonyl (C=O) groups excluding carboxylic acids is 2. The molecule has 150 valence electrons. The molecule has 0 radical (unpaired) electrons. The summed E-state index contributed by atoms with van der Waals surface area (Å²) in [5.74, 6) is 1.13. The Morgan fingerprint density at radius 1 is 1.39 bits per heavy atom. The minimum atomic E-state index is -0.200. The molecule has 2 atom stereocenters. The van der Waals surface area contributed by atoms with Crippen LogP contribution in [0, 0.1) is 6.92 Å². The first-order chi connectivity index (χ1) is 13.3. The van der Waals surface area contributed by atoms with Crippen LogP contribution in [-0.4, -0.2) is 50.3 Å². The highest BCUT2D eigenvalue weighted by atomic mass is 16.5. The van der Waals surface area contributed by atoms with Crippen LogP contribution in [0.4, 0.5) is 10.6 Å². The average molecular weight is 386 g/mol. The van der Waals surface area contributed by atoms with Crippen LogP contribution in [0.5, 0.6) is 0 Å². The molecule has 0 bridgehead atoms. The Labute approximate surface area is 163 Å². The summed E-state index contributed by atoms with van der Waals surface area (Å²) in [5, 5.41) is 16.8. The number of hydrogen-bond acceptors (Lipinski definition) is 5. The van der Waals surface area contributed by atoms with E-state index in [1.807, 2.05) is 31.7 Å². The van der Waals surface area contributed by atoms with Gasteiger partial charge in [0, 0.05) is 36.3 Å². The minimum Gasteiger partial charge on any atom is -0.361 e. The second kappa shape index (κ2) is 6.96. The summed E-state index contributed by atoms with van der Waals surface area (Å²) >= 11 is 0. The van der Waals surface area contributed by atoms with E-state index >= 15 is 0 Å². The lowest BCUT2D eigenvalue weighted by Crippen LogP contribution is -2.36. The van der Waals surface area contributed by atoms with Gasteiger partial charge in [0.15, 0.2) is 5.82 Å². The van der Waals surface area contributed by atoms with E-state index in [2.05, 4.69) is 26.0 Å². The van der Waals surface area contributed by atoms with Crippen molar-refractivity contribution in [3.8, 4) is 0 Å². The van der Waals surface area contributed by atoms with Crippen LogP contribution in [0.2, 0.25) is 0 Å². The van der Waals surface area contributed by atoms with Gasteiger partial charge in [0.25, 0.3) is 0 Å². The van der Waals surface area contributed by atoms with E-state index in [-0.39, 0.29) is 29.9 Å². The predicted molar refractivity (Wildman–Crippen MR) is 102 cm³/mol. The lowest BCUT2D eigenvalue weighted by Gasteiger charge is -2.24. The van der Waals surface area contributed by atoms with E-state index in [9.17, 15) is 9.59 Å². The number of amides is 3. The Kier molecular flexibility index (Phi) is 4.60. The van der Waals surface area contributed by atoms with E-state index in [1.54, 1.807) is 6.07 Å². The van der Waals surface area contributed by atoms with Crippen LogP contribution in [-0.2, 0) is 11.2 Å². The fourth-order valence-electron chi connectivity index (χ4n) is 4.17. The van der Waals surface area contributed by atoms with Crippen molar-refractivity contribution in [2.45, 2.75) is 64.0 Å². The molecule has 2 aromatic heterocycles. The number of urea groups is 1. The maximum Gasteiger partial charge on any atom is 0.318 e. The van der Waals surface area contributed by atoms with Gasteiger partial charge in [-0.15, -0.1) is 0 Å². The molecular weight excluding hydrogens is 360 g/mol. The maximum absolute atomic E-state index is 12.2. The smallest absolute Gasteiger partial charge is 0.318 e. The number of rotatable bonds is 5. The molecule has 1 aliphatic heterocycles. The summed E-state index contributed by atoms with van der Waals surface area (Å²) in [6.07, 6.45) is 2.98. The fraction of sp³-hybridized carbons (Fsp3) is 0.579. The highest BCUT2D eigenvalue weighted by molar-refractivity contribution is 5.91. The third-order valence-electron chi connectivity index (χ3n) is 5.43. The number of H-pyrrole nitrogens is 1. The number of hydrogen-bond donors (Lipinski definition) is 3. The SMILES string of the molecule is Cc1cc(CC(=O)Nc2cc(C3CCC(N4CC(C)(C)NC4=O)C3)[nH]n2)on1. The molecular formula is C19H26N6O3. The van der Waals surface area contributed by atoms with E-state index in [0.717, 1.165) is 37.2 Å². The molecule has 2 aliphatic rings. The zero-order chi connectivity index (χ0) is 19.9. The van der Waals surface area contributed by atoms with Crippen molar-refractivity contribution < 1.29 is 14.1 Å². The molecule has 28 heavy (non-hydrogen) atoms. The van der Waals surface area contributed by atoms with Gasteiger partial charge < -0.3 is 20.1 Å². The lowest BCUT2D eigenvalue weighted by atomic mass is 10.0. The monoisotopic (exact) mass is 386 g/mol. The Morgan fingerprint density at radius 3 is 2.89 bits per heavy atom. The number of aromatic nitrogens is 3. The van der Waals surface area contributed by atoms with Gasteiger partial charge >= 0.3 is 6.03 Å². The molecule has 1 saturated carbocycles. The maximum atomic E-state index is 12.2. The highest BCUT2D eigenvalue weighted by Crippen LogP contribution is 2.38. The summed E-state index contributed by atoms with van der Waals surface area (Å²) in [4.78, 5) is 26.3. The van der Waals surface area contributed by atoms with E-state index < -0.39 is 0 Å². The number of nitrogens with one attached hydrogen (secondary N) is 3. The predicted octanol–water partition coefficient (Wildman–Crippen LogP) is 2.33. The molecule has 1 saturated heterocycles. The van der Waals surface area contributed by atoms with E-state index in [4.69, 9.17) is 4.52 Å². The van der Waals surface area contributed by atoms with Gasteiger partial charge in [0.2, 0.25) is 5.91 Å². The van der Waals surface area contributed by atoms with E-state index in [1.165, 1.54) is 0 Å². The van der Waals surface area contributed by atoms with Crippen molar-refractivity contribution in [3.63, 3.8) is 0 Å². The van der Waals surface area contributed by atoms with Gasteiger partial charge in [-0.2, -0.15) is 5.10 Å². The third kappa shape index (κ3) is 3.88. The number of aryl methyl sites for hydroxylation is 1. The van der Waals surface area contributed by atoms with Crippen molar-refractivity contribution in [2.75, 3.05) is 11.9 Å². The minimum absolute atomic E-state index is 0.0239. The second-order valence-electron chi connectivity index (χ2n) is 8.47. The number of aromatic amines is 1. The van der Waals surface area contributed by atoms with Crippen molar-refractivity contribution in [3.05, 3.63) is 29.3 Å². The van der Waals surface area contributed by atoms with Gasteiger partial charge in [-0.05, 0) is 40.0 Å². The molecule has 2 unspecified atom stereocenters. The Morgan fingerprint density at radius 2 is 2.21 bits per heavy atom. The van der Waals surface area contributed by atoms with Crippen molar-refractivity contribution in [1.29, 1.82) is 0 Å². The topological polar surface area (TPSA) is 116 Å². The van der Waals surface area contributed by atoms with Gasteiger partial charge in [0.05, 0.1) is 17.7 Å². The first-order valence-corrected chi connectivity index (χ1v) is 9.65. The molecule has 0 spiro atoms. The van der Waals surface area contributed by atoms with Crippen molar-refractivity contribution in [2.24, 2.45) is 0 Å². The standard InChI is InChI=1S/C19H26N6O3/c1-11-6-14(28-24-11)8-17(26)20-16-9-15(22-23-16)12-4-5-13(7-12)25-10-19(2,3)21-18(25)27/h6,9,12-13H,4-5,7-8,10H2,1-3H3,(H,21,27)(H2,20,22,23,26). The van der Waals surface area contributed by atoms with Crippen molar-refractivity contribution in [1.82, 2.24) is 25.6 Å². The highest BCUT2D eigenvalue weighted by Gasteiger charge is 2.41. The normalized spacial score (nSPS) is 23.8. The molecule has 3 N–H and O–H groups in total. The molecule has 4 rings (SSSR count). The largest absolute Gasteiger partial charge is 0.361 e. The summed E-state index contributed by atoms with van der Waals surface area (Å²) in [5.41, 5.74) is 1.56. The van der Waals surface area contributed by atoms with E-state index in [0.29, 0.717) is 17.5 Å². The molecule has 2 fully saturated rings. The summed E-state index contributed by atoms with van der Waals surface area (Å²) in [7, 11) is 0. The zero-order valence-corrected chi connectivity index (χ0v) is 16.4. The molecule has 0 aromatic carbocycles. The van der Waals surface area contributed by atoms with Gasteiger partial charge in [-0.25, -0.2) is 4.79 Å². The van der Waals surface area contributed by atoms with Gasteiger partial charge in [-0.3, -0.25) is 9.89 Å². The Hall–Kier alpha value is -2.84. The number of carbonyl (C=O) groups is 2. The average Bonchev–Trinajstić information content (AvgIpc) is 3.35. The lowest BCUT2D eigenvalue weighted by molar-refractivity contribution is -0.115. The van der Waals surface area contributed by atoms with Gasteiger partial charge in [0.1, 0.15) is 5.76 Å². The molecule has 9 nitrogen and oxygen atoms in total.